The second-order valence-electron chi connectivity index (χ2n) is 9.49. The topological polar surface area (TPSA) is 40.5 Å². The highest BCUT2D eigenvalue weighted by Crippen LogP contribution is 2.28. The Labute approximate surface area is 202 Å². The van der Waals surface area contributed by atoms with E-state index in [9.17, 15) is 9.90 Å². The highest BCUT2D eigenvalue weighted by molar-refractivity contribution is 8.14. The largest absolute Gasteiger partial charge is 0.391 e. The van der Waals surface area contributed by atoms with Crippen molar-refractivity contribution in [2.24, 2.45) is 0 Å². The number of thioether (sulfide) groups is 1. The number of benzene rings is 3. The number of hydrogen-bond acceptors (Lipinski definition) is 4. The quantitative estimate of drug-likeness (QED) is 0.395. The molecule has 0 bridgehead atoms. The van der Waals surface area contributed by atoms with Crippen molar-refractivity contribution in [3.8, 4) is 0 Å². The Balaban J connectivity index is 1.89. The summed E-state index contributed by atoms with van der Waals surface area (Å²) >= 11 is 1.31. The van der Waals surface area contributed by atoms with E-state index in [1.165, 1.54) is 22.9 Å². The molecule has 33 heavy (non-hydrogen) atoms. The average molecular weight is 462 g/mol. The van der Waals surface area contributed by atoms with Gasteiger partial charge in [-0.1, -0.05) is 124 Å². The fraction of sp³-hybridized carbons (Fsp3) is 0.345. The van der Waals surface area contributed by atoms with Gasteiger partial charge in [0, 0.05) is 30.3 Å². The van der Waals surface area contributed by atoms with Crippen molar-refractivity contribution < 1.29 is 9.90 Å². The predicted octanol–water partition coefficient (Wildman–Crippen LogP) is 6.11. The van der Waals surface area contributed by atoms with Crippen molar-refractivity contribution in [1.29, 1.82) is 0 Å². The Morgan fingerprint density at radius 2 is 1.21 bits per heavy atom. The van der Waals surface area contributed by atoms with Crippen molar-refractivity contribution in [2.45, 2.75) is 63.6 Å². The van der Waals surface area contributed by atoms with E-state index in [4.69, 9.17) is 0 Å². The lowest BCUT2D eigenvalue weighted by Gasteiger charge is -2.35. The molecule has 2 atom stereocenters. The number of rotatable bonds is 10. The summed E-state index contributed by atoms with van der Waals surface area (Å²) in [5, 5.41) is 11.4. The van der Waals surface area contributed by atoms with Crippen LogP contribution in [0, 0.1) is 0 Å². The first-order chi connectivity index (χ1) is 15.8. The first kappa shape index (κ1) is 25.2. The van der Waals surface area contributed by atoms with Crippen molar-refractivity contribution >= 4 is 16.9 Å². The van der Waals surface area contributed by atoms with Crippen LogP contribution in [0.4, 0.5) is 0 Å². The molecule has 0 radical (unpaired) electrons. The smallest absolute Gasteiger partial charge is 0.192 e. The second-order valence-corrected chi connectivity index (χ2v) is 11.4. The molecule has 0 aromatic heterocycles. The van der Waals surface area contributed by atoms with E-state index in [1.807, 2.05) is 75.4 Å². The monoisotopic (exact) mass is 461 g/mol. The molecule has 0 saturated heterocycles. The van der Waals surface area contributed by atoms with Gasteiger partial charge in [0.2, 0.25) is 0 Å². The molecule has 3 rings (SSSR count). The van der Waals surface area contributed by atoms with Crippen LogP contribution in [0.3, 0.4) is 0 Å². The molecule has 0 fully saturated rings. The molecule has 3 aromatic rings. The fourth-order valence-electron chi connectivity index (χ4n) is 3.98. The van der Waals surface area contributed by atoms with Crippen LogP contribution in [0.2, 0.25) is 0 Å². The van der Waals surface area contributed by atoms with E-state index < -0.39 is 6.10 Å². The van der Waals surface area contributed by atoms with Gasteiger partial charge in [-0.2, -0.15) is 0 Å². The number of nitrogens with zero attached hydrogens (tertiary/aromatic N) is 1. The van der Waals surface area contributed by atoms with Gasteiger partial charge in [0.15, 0.2) is 5.12 Å². The van der Waals surface area contributed by atoms with Crippen LogP contribution in [0.1, 0.15) is 43.9 Å². The van der Waals surface area contributed by atoms with E-state index in [2.05, 4.69) is 41.3 Å². The summed E-state index contributed by atoms with van der Waals surface area (Å²) < 4.78 is -0.167. The number of carbonyl (C=O) groups is 1. The Kier molecular flexibility index (Phi) is 9.30. The third kappa shape index (κ3) is 8.81. The number of aliphatic hydroxyl groups excluding tert-OH is 1. The van der Waals surface area contributed by atoms with Crippen molar-refractivity contribution in [3.05, 3.63) is 108 Å². The van der Waals surface area contributed by atoms with Gasteiger partial charge in [-0.05, 0) is 23.1 Å². The molecule has 3 aromatic carbocycles. The van der Waals surface area contributed by atoms with Crippen LogP contribution in [-0.4, -0.2) is 32.0 Å². The normalized spacial score (nSPS) is 13.6. The standard InChI is InChI=1S/C29H35NO2S/c1-29(2,3)33-28(32)20-27(31)26(19-23-13-7-4-8-14-23)30(21-24-15-9-5-10-16-24)22-25-17-11-6-12-18-25/h4-18,26-27,31H,19-22H2,1-3H3/t26-,27+/m1/s1. The Bertz CT molecular complexity index is 929. The average Bonchev–Trinajstić information content (AvgIpc) is 2.78. The summed E-state index contributed by atoms with van der Waals surface area (Å²) in [6.45, 7) is 7.48. The minimum Gasteiger partial charge on any atom is -0.391 e. The maximum Gasteiger partial charge on any atom is 0.192 e. The van der Waals surface area contributed by atoms with Gasteiger partial charge >= 0.3 is 0 Å². The van der Waals surface area contributed by atoms with E-state index in [1.54, 1.807) is 0 Å². The number of aliphatic hydroxyl groups is 1. The van der Waals surface area contributed by atoms with Crippen LogP contribution >= 0.6 is 11.8 Å². The number of hydrogen-bond donors (Lipinski definition) is 1. The van der Waals surface area contributed by atoms with Gasteiger partial charge in [-0.25, -0.2) is 0 Å². The minimum atomic E-state index is -0.764. The number of carbonyl (C=O) groups excluding carboxylic acids is 1. The molecule has 0 aliphatic heterocycles. The summed E-state index contributed by atoms with van der Waals surface area (Å²) in [7, 11) is 0. The maximum absolute atomic E-state index is 12.7. The zero-order valence-electron chi connectivity index (χ0n) is 19.9. The SMILES string of the molecule is CC(C)(C)SC(=O)C[C@H](O)[C@@H](Cc1ccccc1)N(Cc1ccccc1)Cc1ccccc1. The van der Waals surface area contributed by atoms with Crippen LogP contribution in [-0.2, 0) is 24.3 Å². The summed E-state index contributed by atoms with van der Waals surface area (Å²) in [4.78, 5) is 15.1. The third-order valence-corrected chi connectivity index (χ3v) is 6.46. The summed E-state index contributed by atoms with van der Waals surface area (Å²) in [5.74, 6) is 0. The van der Waals surface area contributed by atoms with E-state index in [0.717, 1.165) is 5.56 Å². The molecule has 174 valence electrons. The molecule has 0 saturated carbocycles. The van der Waals surface area contributed by atoms with Gasteiger partial charge in [0.1, 0.15) is 0 Å². The Morgan fingerprint density at radius 1 is 0.788 bits per heavy atom. The lowest BCUT2D eigenvalue weighted by Crippen LogP contribution is -2.45. The molecule has 0 spiro atoms. The van der Waals surface area contributed by atoms with Crippen LogP contribution in [0.25, 0.3) is 0 Å². The molecular formula is C29H35NO2S. The molecule has 0 amide bonds. The van der Waals surface area contributed by atoms with Crippen molar-refractivity contribution in [3.63, 3.8) is 0 Å². The first-order valence-electron chi connectivity index (χ1n) is 11.6. The third-order valence-electron chi connectivity index (χ3n) is 5.45. The fourth-order valence-corrected chi connectivity index (χ4v) is 4.92. The van der Waals surface area contributed by atoms with Crippen LogP contribution < -0.4 is 0 Å². The van der Waals surface area contributed by atoms with Crippen molar-refractivity contribution in [2.75, 3.05) is 0 Å². The van der Waals surface area contributed by atoms with Gasteiger partial charge in [0.05, 0.1) is 6.10 Å². The summed E-state index contributed by atoms with van der Waals surface area (Å²) in [6, 6.07) is 30.7. The van der Waals surface area contributed by atoms with Gasteiger partial charge in [-0.3, -0.25) is 9.69 Å². The second kappa shape index (κ2) is 12.2. The highest BCUT2D eigenvalue weighted by Gasteiger charge is 2.30. The van der Waals surface area contributed by atoms with Gasteiger partial charge < -0.3 is 5.11 Å². The minimum absolute atomic E-state index is 0.0347. The lowest BCUT2D eigenvalue weighted by atomic mass is 9.96. The maximum atomic E-state index is 12.7. The van der Waals surface area contributed by atoms with Crippen LogP contribution in [0.15, 0.2) is 91.0 Å². The summed E-state index contributed by atoms with van der Waals surface area (Å²) in [5.41, 5.74) is 3.53. The van der Waals surface area contributed by atoms with Gasteiger partial charge in [-0.15, -0.1) is 0 Å². The first-order valence-corrected chi connectivity index (χ1v) is 12.4. The molecular weight excluding hydrogens is 426 g/mol. The molecule has 3 nitrogen and oxygen atoms in total. The van der Waals surface area contributed by atoms with Crippen LogP contribution in [0.5, 0.6) is 0 Å². The van der Waals surface area contributed by atoms with E-state index >= 15 is 0 Å². The lowest BCUT2D eigenvalue weighted by molar-refractivity contribution is -0.113. The van der Waals surface area contributed by atoms with E-state index in [-0.39, 0.29) is 22.3 Å². The molecule has 0 heterocycles. The van der Waals surface area contributed by atoms with Gasteiger partial charge in [0.25, 0.3) is 0 Å². The molecule has 1 N–H and O–H groups in total. The molecule has 0 aliphatic carbocycles. The van der Waals surface area contributed by atoms with E-state index in [0.29, 0.717) is 19.5 Å². The zero-order chi connectivity index (χ0) is 23.7. The molecule has 0 aliphatic rings. The highest BCUT2D eigenvalue weighted by atomic mass is 32.2. The predicted molar refractivity (Wildman–Crippen MR) is 139 cm³/mol. The Hall–Kier alpha value is -2.40. The molecule has 4 heteroatoms. The molecule has 0 unspecified atom stereocenters. The Morgan fingerprint density at radius 3 is 1.64 bits per heavy atom. The van der Waals surface area contributed by atoms with Crippen molar-refractivity contribution in [1.82, 2.24) is 4.90 Å². The summed E-state index contributed by atoms with van der Waals surface area (Å²) in [6.07, 6.45) is 0.0502. The zero-order valence-corrected chi connectivity index (χ0v) is 20.7.